The predicted octanol–water partition coefficient (Wildman–Crippen LogP) is 5.18. The molecule has 0 aliphatic carbocycles. The molecule has 5 heteroatoms. The molecule has 0 radical (unpaired) electrons. The Balaban J connectivity index is 2.00. The fraction of sp³-hybridized carbons (Fsp3) is 0.320. The second-order valence-corrected chi connectivity index (χ2v) is 8.14. The van der Waals surface area contributed by atoms with Crippen molar-refractivity contribution >= 4 is 5.78 Å². The van der Waals surface area contributed by atoms with Gasteiger partial charge in [-0.3, -0.25) is 4.79 Å². The summed E-state index contributed by atoms with van der Waals surface area (Å²) in [5.41, 5.74) is 3.96. The zero-order valence-corrected chi connectivity index (χ0v) is 17.8. The Morgan fingerprint density at radius 3 is 2.13 bits per heavy atom. The topological polar surface area (TPSA) is 87.0 Å². The van der Waals surface area contributed by atoms with Crippen LogP contribution >= 0.6 is 0 Å². The van der Waals surface area contributed by atoms with E-state index in [0.29, 0.717) is 40.8 Å². The number of Topliss-reactive ketones (excluding diaryl/α,β-unsaturated/α-hetero) is 1. The number of fused-ring (bicyclic) bond motifs is 1. The standard InChI is InChI=1S/C25H28O5/c1-14(2)5-7-17-21(26)11-9-16(23(17)28)20-13-30-25-18(8-6-15(3)4)22(27)12-10-19(25)24(20)29/h5-6,9-12,20,26-28H,7-8,13H2,1-4H3. The highest BCUT2D eigenvalue weighted by Crippen LogP contribution is 2.43. The van der Waals surface area contributed by atoms with Crippen LogP contribution in [0.4, 0.5) is 0 Å². The van der Waals surface area contributed by atoms with Crippen molar-refractivity contribution in [2.45, 2.75) is 46.5 Å². The van der Waals surface area contributed by atoms with Gasteiger partial charge in [-0.1, -0.05) is 29.4 Å². The first-order valence-corrected chi connectivity index (χ1v) is 10.0. The minimum absolute atomic E-state index is 0.00717. The first-order chi connectivity index (χ1) is 14.2. The van der Waals surface area contributed by atoms with Gasteiger partial charge in [-0.2, -0.15) is 0 Å². The Kier molecular flexibility index (Phi) is 6.20. The Bertz CT molecular complexity index is 1040. The van der Waals surface area contributed by atoms with Gasteiger partial charge in [-0.05, 0) is 58.7 Å². The smallest absolute Gasteiger partial charge is 0.177 e. The van der Waals surface area contributed by atoms with Crippen molar-refractivity contribution in [2.75, 3.05) is 6.61 Å². The highest BCUT2D eigenvalue weighted by Gasteiger charge is 2.34. The summed E-state index contributed by atoms with van der Waals surface area (Å²) in [6, 6.07) is 6.14. The van der Waals surface area contributed by atoms with E-state index in [1.165, 1.54) is 12.1 Å². The van der Waals surface area contributed by atoms with Gasteiger partial charge in [0.25, 0.3) is 0 Å². The molecule has 0 saturated heterocycles. The van der Waals surface area contributed by atoms with E-state index in [-0.39, 0.29) is 29.6 Å². The number of carbonyl (C=O) groups excluding carboxylic acids is 1. The predicted molar refractivity (Wildman–Crippen MR) is 117 cm³/mol. The van der Waals surface area contributed by atoms with Crippen molar-refractivity contribution in [2.24, 2.45) is 0 Å². The van der Waals surface area contributed by atoms with Crippen LogP contribution in [0.25, 0.3) is 0 Å². The molecule has 0 saturated carbocycles. The van der Waals surface area contributed by atoms with Crippen LogP contribution in [0.5, 0.6) is 23.0 Å². The third-order valence-electron chi connectivity index (χ3n) is 5.31. The van der Waals surface area contributed by atoms with Crippen molar-refractivity contribution in [3.8, 4) is 23.0 Å². The number of rotatable bonds is 5. The molecule has 3 rings (SSSR count). The molecule has 1 aliphatic rings. The van der Waals surface area contributed by atoms with Crippen LogP contribution in [-0.4, -0.2) is 27.7 Å². The minimum atomic E-state index is -0.690. The summed E-state index contributed by atoms with van der Waals surface area (Å²) in [5, 5.41) is 31.3. The monoisotopic (exact) mass is 408 g/mol. The van der Waals surface area contributed by atoms with Gasteiger partial charge in [0.15, 0.2) is 5.78 Å². The number of benzene rings is 2. The average Bonchev–Trinajstić information content (AvgIpc) is 2.67. The number of ether oxygens (including phenoxy) is 1. The van der Waals surface area contributed by atoms with Gasteiger partial charge in [-0.25, -0.2) is 0 Å². The average molecular weight is 408 g/mol. The van der Waals surface area contributed by atoms with Gasteiger partial charge in [-0.15, -0.1) is 0 Å². The van der Waals surface area contributed by atoms with E-state index < -0.39 is 5.92 Å². The third kappa shape index (κ3) is 4.20. The summed E-state index contributed by atoms with van der Waals surface area (Å²) in [5.74, 6) is -0.465. The van der Waals surface area contributed by atoms with Crippen LogP contribution in [-0.2, 0) is 12.8 Å². The molecule has 0 aromatic heterocycles. The van der Waals surface area contributed by atoms with E-state index in [4.69, 9.17) is 4.74 Å². The number of allylic oxidation sites excluding steroid dienone is 4. The van der Waals surface area contributed by atoms with Crippen LogP contribution < -0.4 is 4.74 Å². The lowest BCUT2D eigenvalue weighted by Crippen LogP contribution is -2.27. The van der Waals surface area contributed by atoms with Crippen molar-refractivity contribution in [1.82, 2.24) is 0 Å². The van der Waals surface area contributed by atoms with Crippen molar-refractivity contribution < 1.29 is 24.9 Å². The zero-order chi connectivity index (χ0) is 22.0. The maximum atomic E-state index is 13.3. The van der Waals surface area contributed by atoms with E-state index in [0.717, 1.165) is 11.1 Å². The number of phenols is 3. The Labute approximate surface area is 177 Å². The van der Waals surface area contributed by atoms with E-state index in [9.17, 15) is 20.1 Å². The summed E-state index contributed by atoms with van der Waals surface area (Å²) in [6.45, 7) is 7.87. The molecular weight excluding hydrogens is 380 g/mol. The number of carbonyl (C=O) groups is 1. The first-order valence-electron chi connectivity index (χ1n) is 10.0. The molecule has 1 unspecified atom stereocenters. The molecule has 1 heterocycles. The fourth-order valence-electron chi connectivity index (χ4n) is 3.57. The molecule has 3 N–H and O–H groups in total. The van der Waals surface area contributed by atoms with Gasteiger partial charge in [0.2, 0.25) is 0 Å². The number of aromatic hydroxyl groups is 3. The van der Waals surface area contributed by atoms with Crippen molar-refractivity contribution in [3.63, 3.8) is 0 Å². The Hall–Kier alpha value is -3.21. The van der Waals surface area contributed by atoms with Crippen LogP contribution in [0.3, 0.4) is 0 Å². The molecule has 0 bridgehead atoms. The summed E-state index contributed by atoms with van der Waals surface area (Å²) >= 11 is 0. The summed E-state index contributed by atoms with van der Waals surface area (Å²) in [4.78, 5) is 13.3. The number of hydrogen-bond donors (Lipinski definition) is 3. The fourth-order valence-corrected chi connectivity index (χ4v) is 3.57. The Morgan fingerprint density at radius 2 is 1.50 bits per heavy atom. The second-order valence-electron chi connectivity index (χ2n) is 8.14. The molecule has 158 valence electrons. The van der Waals surface area contributed by atoms with Gasteiger partial charge in [0.05, 0.1) is 11.5 Å². The maximum Gasteiger partial charge on any atom is 0.177 e. The lowest BCUT2D eigenvalue weighted by molar-refractivity contribution is 0.0892. The maximum absolute atomic E-state index is 13.3. The van der Waals surface area contributed by atoms with E-state index in [2.05, 4.69) is 0 Å². The second kappa shape index (κ2) is 8.66. The molecule has 2 aromatic rings. The van der Waals surface area contributed by atoms with Crippen molar-refractivity contribution in [3.05, 3.63) is 69.8 Å². The third-order valence-corrected chi connectivity index (χ3v) is 5.31. The van der Waals surface area contributed by atoms with Gasteiger partial charge >= 0.3 is 0 Å². The zero-order valence-electron chi connectivity index (χ0n) is 17.8. The van der Waals surface area contributed by atoms with Crippen LogP contribution in [0.1, 0.15) is 60.7 Å². The van der Waals surface area contributed by atoms with Crippen LogP contribution in [0, 0.1) is 0 Å². The highest BCUT2D eigenvalue weighted by molar-refractivity contribution is 6.05. The molecule has 1 atom stereocenters. The quantitative estimate of drug-likeness (QED) is 0.594. The minimum Gasteiger partial charge on any atom is -0.508 e. The summed E-state index contributed by atoms with van der Waals surface area (Å²) < 4.78 is 5.93. The molecule has 1 aliphatic heterocycles. The number of hydrogen-bond acceptors (Lipinski definition) is 5. The lowest BCUT2D eigenvalue weighted by Gasteiger charge is -2.27. The van der Waals surface area contributed by atoms with Crippen LogP contribution in [0.15, 0.2) is 47.6 Å². The summed E-state index contributed by atoms with van der Waals surface area (Å²) in [7, 11) is 0. The van der Waals surface area contributed by atoms with Gasteiger partial charge in [0, 0.05) is 16.7 Å². The first kappa shape index (κ1) is 21.5. The van der Waals surface area contributed by atoms with Crippen molar-refractivity contribution in [1.29, 1.82) is 0 Å². The van der Waals surface area contributed by atoms with E-state index in [1.807, 2.05) is 39.8 Å². The molecule has 2 aromatic carbocycles. The lowest BCUT2D eigenvalue weighted by atomic mass is 9.85. The molecule has 5 nitrogen and oxygen atoms in total. The SMILES string of the molecule is CC(C)=CCc1c(O)ccc(C2COc3c(ccc(O)c3CC=C(C)C)C2=O)c1O. The van der Waals surface area contributed by atoms with Gasteiger partial charge < -0.3 is 20.1 Å². The molecule has 0 amide bonds. The largest absolute Gasteiger partial charge is 0.508 e. The molecule has 30 heavy (non-hydrogen) atoms. The summed E-state index contributed by atoms with van der Waals surface area (Å²) in [6.07, 6.45) is 4.71. The molecule has 0 fully saturated rings. The van der Waals surface area contributed by atoms with E-state index in [1.54, 1.807) is 12.1 Å². The normalized spacial score (nSPS) is 15.2. The van der Waals surface area contributed by atoms with Gasteiger partial charge in [0.1, 0.15) is 29.6 Å². The molecule has 0 spiro atoms. The Morgan fingerprint density at radius 1 is 0.933 bits per heavy atom. The van der Waals surface area contributed by atoms with E-state index >= 15 is 0 Å². The molecular formula is C25H28O5. The van der Waals surface area contributed by atoms with Crippen LogP contribution in [0.2, 0.25) is 0 Å². The number of ketones is 1. The highest BCUT2D eigenvalue weighted by atomic mass is 16.5. The number of phenolic OH excluding ortho intramolecular Hbond substituents is 3.